The Kier molecular flexibility index (Phi) is 2.92. The third-order valence-electron chi connectivity index (χ3n) is 2.41. The summed E-state index contributed by atoms with van der Waals surface area (Å²) >= 11 is 0. The van der Waals surface area contributed by atoms with Crippen molar-refractivity contribution < 1.29 is 0 Å². The summed E-state index contributed by atoms with van der Waals surface area (Å²) in [6.45, 7) is 4.32. The zero-order chi connectivity index (χ0) is 8.27. The Morgan fingerprint density at radius 3 is 2.64 bits per heavy atom. The van der Waals surface area contributed by atoms with Crippen LogP contribution in [0.15, 0.2) is 0 Å². The van der Waals surface area contributed by atoms with E-state index in [0.717, 1.165) is 19.5 Å². The zero-order valence-corrected chi connectivity index (χ0v) is 7.30. The van der Waals surface area contributed by atoms with Crippen molar-refractivity contribution in [3.63, 3.8) is 0 Å². The second-order valence-electron chi connectivity index (χ2n) is 3.07. The summed E-state index contributed by atoms with van der Waals surface area (Å²) in [6.07, 6.45) is 6.43. The van der Waals surface area contributed by atoms with Gasteiger partial charge in [-0.05, 0) is 13.5 Å². The third kappa shape index (κ3) is 1.74. The second kappa shape index (κ2) is 3.75. The molecule has 0 bridgehead atoms. The van der Waals surface area contributed by atoms with Crippen molar-refractivity contribution in [3.05, 3.63) is 0 Å². The maximum absolute atomic E-state index is 5.39. The highest BCUT2D eigenvalue weighted by Gasteiger charge is 2.24. The van der Waals surface area contributed by atoms with E-state index in [1.807, 2.05) is 0 Å². The quantitative estimate of drug-likeness (QED) is 0.585. The summed E-state index contributed by atoms with van der Waals surface area (Å²) < 4.78 is 0. The van der Waals surface area contributed by atoms with Crippen molar-refractivity contribution in [1.29, 1.82) is 0 Å². The van der Waals surface area contributed by atoms with E-state index in [0.29, 0.717) is 12.1 Å². The van der Waals surface area contributed by atoms with E-state index in [2.05, 4.69) is 30.1 Å². The summed E-state index contributed by atoms with van der Waals surface area (Å²) in [4.78, 5) is 2.29. The number of terminal acetylenes is 1. The van der Waals surface area contributed by atoms with Crippen LogP contribution in [0.5, 0.6) is 0 Å². The highest BCUT2D eigenvalue weighted by molar-refractivity contribution is 5.01. The molecule has 0 aromatic rings. The van der Waals surface area contributed by atoms with Crippen LogP contribution in [0.25, 0.3) is 0 Å². The molecule has 1 heterocycles. The molecule has 1 aliphatic heterocycles. The molecule has 0 amide bonds. The van der Waals surface area contributed by atoms with Crippen molar-refractivity contribution in [1.82, 2.24) is 10.2 Å². The number of likely N-dealkylation sites (N-methyl/N-ethyl adjacent to an activating group) is 1. The molecule has 0 aliphatic carbocycles. The maximum Gasteiger partial charge on any atom is 0.0710 e. The Labute approximate surface area is 69.0 Å². The van der Waals surface area contributed by atoms with Crippen LogP contribution in [-0.4, -0.2) is 37.1 Å². The van der Waals surface area contributed by atoms with E-state index in [4.69, 9.17) is 6.42 Å². The minimum absolute atomic E-state index is 0.321. The molecule has 1 atom stereocenters. The predicted octanol–water partition coefficient (Wildman–Crippen LogP) is 0.302. The first-order valence-corrected chi connectivity index (χ1v) is 4.18. The fraction of sp³-hybridized carbons (Fsp3) is 0.778. The van der Waals surface area contributed by atoms with Gasteiger partial charge in [-0.25, -0.2) is 0 Å². The summed E-state index contributed by atoms with van der Waals surface area (Å²) in [5.41, 5.74) is 0. The number of hydrogen-bond donors (Lipinski definition) is 1. The molecule has 0 aromatic carbocycles. The Balaban J connectivity index is 2.38. The van der Waals surface area contributed by atoms with Crippen molar-refractivity contribution in [2.45, 2.75) is 25.4 Å². The van der Waals surface area contributed by atoms with Gasteiger partial charge < -0.3 is 5.32 Å². The molecular formula is C9H16N2. The standard InChI is InChI=1S/C9H16N2/c1-4-8(5-2)11(3)9-6-10-7-9/h1,8-10H,5-7H2,2-3H3. The average Bonchev–Trinajstić information content (AvgIpc) is 1.86. The smallest absolute Gasteiger partial charge is 0.0710 e. The lowest BCUT2D eigenvalue weighted by molar-refractivity contribution is 0.151. The monoisotopic (exact) mass is 152 g/mol. The topological polar surface area (TPSA) is 15.3 Å². The zero-order valence-electron chi connectivity index (χ0n) is 7.30. The predicted molar refractivity (Wildman–Crippen MR) is 47.3 cm³/mol. The van der Waals surface area contributed by atoms with Crippen LogP contribution in [0.4, 0.5) is 0 Å². The van der Waals surface area contributed by atoms with Gasteiger partial charge in [0.05, 0.1) is 6.04 Å². The van der Waals surface area contributed by atoms with Crippen LogP contribution < -0.4 is 5.32 Å². The number of rotatable bonds is 3. The highest BCUT2D eigenvalue weighted by Crippen LogP contribution is 2.08. The molecule has 0 saturated carbocycles. The van der Waals surface area contributed by atoms with Gasteiger partial charge in [-0.15, -0.1) is 6.42 Å². The van der Waals surface area contributed by atoms with E-state index in [1.165, 1.54) is 0 Å². The van der Waals surface area contributed by atoms with Crippen molar-refractivity contribution in [3.8, 4) is 12.3 Å². The molecule has 1 aliphatic rings. The van der Waals surface area contributed by atoms with Gasteiger partial charge in [0.15, 0.2) is 0 Å². The fourth-order valence-electron chi connectivity index (χ4n) is 1.34. The number of nitrogens with zero attached hydrogens (tertiary/aromatic N) is 1. The Morgan fingerprint density at radius 1 is 1.73 bits per heavy atom. The van der Waals surface area contributed by atoms with Gasteiger partial charge in [0.2, 0.25) is 0 Å². The summed E-state index contributed by atoms with van der Waals surface area (Å²) in [5.74, 6) is 2.80. The summed E-state index contributed by atoms with van der Waals surface area (Å²) in [7, 11) is 2.11. The van der Waals surface area contributed by atoms with Gasteiger partial charge in [0.1, 0.15) is 0 Å². The van der Waals surface area contributed by atoms with Crippen LogP contribution in [-0.2, 0) is 0 Å². The van der Waals surface area contributed by atoms with Crippen LogP contribution in [0, 0.1) is 12.3 Å². The molecule has 1 saturated heterocycles. The summed E-state index contributed by atoms with van der Waals surface area (Å²) in [5, 5.41) is 3.23. The van der Waals surface area contributed by atoms with E-state index in [9.17, 15) is 0 Å². The lowest BCUT2D eigenvalue weighted by Gasteiger charge is -2.38. The molecule has 2 nitrogen and oxygen atoms in total. The lowest BCUT2D eigenvalue weighted by atomic mass is 10.1. The Morgan fingerprint density at radius 2 is 2.36 bits per heavy atom. The van der Waals surface area contributed by atoms with Gasteiger partial charge in [0.25, 0.3) is 0 Å². The van der Waals surface area contributed by atoms with Crippen LogP contribution >= 0.6 is 0 Å². The molecule has 1 N–H and O–H groups in total. The van der Waals surface area contributed by atoms with E-state index in [1.54, 1.807) is 0 Å². The molecular weight excluding hydrogens is 136 g/mol. The molecule has 0 spiro atoms. The third-order valence-corrected chi connectivity index (χ3v) is 2.41. The Hall–Kier alpha value is -0.520. The molecule has 1 fully saturated rings. The maximum atomic E-state index is 5.39. The van der Waals surface area contributed by atoms with Crippen LogP contribution in [0.3, 0.4) is 0 Å². The largest absolute Gasteiger partial charge is 0.314 e. The molecule has 62 valence electrons. The molecule has 0 radical (unpaired) electrons. The number of hydrogen-bond acceptors (Lipinski definition) is 2. The molecule has 2 heteroatoms. The Bertz CT molecular complexity index is 155. The van der Waals surface area contributed by atoms with Crippen LogP contribution in [0.2, 0.25) is 0 Å². The van der Waals surface area contributed by atoms with E-state index >= 15 is 0 Å². The van der Waals surface area contributed by atoms with Gasteiger partial charge in [0, 0.05) is 19.1 Å². The number of nitrogens with one attached hydrogen (secondary N) is 1. The van der Waals surface area contributed by atoms with Crippen molar-refractivity contribution >= 4 is 0 Å². The average molecular weight is 152 g/mol. The normalized spacial score (nSPS) is 20.9. The lowest BCUT2D eigenvalue weighted by Crippen LogP contribution is -2.58. The molecule has 0 aromatic heterocycles. The minimum Gasteiger partial charge on any atom is -0.314 e. The minimum atomic E-state index is 0.321. The van der Waals surface area contributed by atoms with Crippen molar-refractivity contribution in [2.75, 3.05) is 20.1 Å². The SMILES string of the molecule is C#CC(CC)N(C)C1CNC1. The molecule has 11 heavy (non-hydrogen) atoms. The first kappa shape index (κ1) is 8.58. The van der Waals surface area contributed by atoms with E-state index < -0.39 is 0 Å². The summed E-state index contributed by atoms with van der Waals surface area (Å²) in [6, 6.07) is 0.984. The van der Waals surface area contributed by atoms with Gasteiger partial charge >= 0.3 is 0 Å². The first-order valence-electron chi connectivity index (χ1n) is 4.18. The van der Waals surface area contributed by atoms with Crippen molar-refractivity contribution in [2.24, 2.45) is 0 Å². The van der Waals surface area contributed by atoms with Crippen LogP contribution in [0.1, 0.15) is 13.3 Å². The van der Waals surface area contributed by atoms with Gasteiger partial charge in [-0.1, -0.05) is 12.8 Å². The van der Waals surface area contributed by atoms with Gasteiger partial charge in [-0.2, -0.15) is 0 Å². The fourth-order valence-corrected chi connectivity index (χ4v) is 1.34. The first-order chi connectivity index (χ1) is 5.29. The molecule has 1 rings (SSSR count). The molecule has 1 unspecified atom stereocenters. The van der Waals surface area contributed by atoms with E-state index in [-0.39, 0.29) is 0 Å². The highest BCUT2D eigenvalue weighted by atomic mass is 15.2. The second-order valence-corrected chi connectivity index (χ2v) is 3.07. The van der Waals surface area contributed by atoms with Gasteiger partial charge in [-0.3, -0.25) is 4.90 Å².